The van der Waals surface area contributed by atoms with E-state index in [4.69, 9.17) is 4.42 Å². The summed E-state index contributed by atoms with van der Waals surface area (Å²) in [6, 6.07) is 7.37. The van der Waals surface area contributed by atoms with Gasteiger partial charge in [-0.2, -0.15) is 5.10 Å². The maximum absolute atomic E-state index is 11.9. The van der Waals surface area contributed by atoms with E-state index < -0.39 is 11.7 Å². The molecule has 0 saturated heterocycles. The Morgan fingerprint density at radius 1 is 1.29 bits per heavy atom. The molecule has 0 radical (unpaired) electrons. The third-order valence-electron chi connectivity index (χ3n) is 2.96. The molecule has 0 unspecified atom stereocenters. The number of nitrogens with zero attached hydrogens (tertiary/aromatic N) is 2. The summed E-state index contributed by atoms with van der Waals surface area (Å²) in [6.07, 6.45) is 0. The van der Waals surface area contributed by atoms with Crippen molar-refractivity contribution in [3.63, 3.8) is 0 Å². The quantitative estimate of drug-likeness (QED) is 0.711. The van der Waals surface area contributed by atoms with E-state index >= 15 is 0 Å². The number of anilines is 1. The molecule has 0 aliphatic carbocycles. The van der Waals surface area contributed by atoms with E-state index in [-0.39, 0.29) is 11.3 Å². The molecule has 1 amide bonds. The monoisotopic (exact) mass is 286 g/mol. The van der Waals surface area contributed by atoms with Gasteiger partial charge in [-0.1, -0.05) is 0 Å². The van der Waals surface area contributed by atoms with Crippen molar-refractivity contribution < 1.29 is 9.21 Å². The first kappa shape index (κ1) is 12.9. The Hall–Kier alpha value is -3.16. The van der Waals surface area contributed by atoms with E-state index in [0.29, 0.717) is 16.8 Å². The highest BCUT2D eigenvalue weighted by atomic mass is 16.4. The average Bonchev–Trinajstić information content (AvgIpc) is 2.74. The van der Waals surface area contributed by atoms with Gasteiger partial charge in [0.1, 0.15) is 5.69 Å². The van der Waals surface area contributed by atoms with Gasteiger partial charge >= 0.3 is 5.76 Å². The Labute approximate surface area is 117 Å². The lowest BCUT2D eigenvalue weighted by atomic mass is 10.2. The Morgan fingerprint density at radius 3 is 2.81 bits per heavy atom. The van der Waals surface area contributed by atoms with Crippen LogP contribution >= 0.6 is 0 Å². The smallest absolute Gasteiger partial charge is 0.408 e. The fourth-order valence-electron chi connectivity index (χ4n) is 1.88. The molecule has 2 aromatic heterocycles. The topological polar surface area (TPSA) is 110 Å². The third kappa shape index (κ3) is 2.34. The molecular weight excluding hydrogens is 276 g/mol. The molecule has 8 nitrogen and oxygen atoms in total. The summed E-state index contributed by atoms with van der Waals surface area (Å²) in [5, 5.41) is 8.41. The Kier molecular flexibility index (Phi) is 2.90. The molecule has 106 valence electrons. The van der Waals surface area contributed by atoms with Gasteiger partial charge in [0.25, 0.3) is 11.5 Å². The number of H-pyrrole nitrogens is 1. The summed E-state index contributed by atoms with van der Waals surface area (Å²) in [6.45, 7) is 0. The predicted molar refractivity (Wildman–Crippen MR) is 74.3 cm³/mol. The molecule has 3 aromatic rings. The molecule has 0 aliphatic heterocycles. The molecule has 0 fully saturated rings. The van der Waals surface area contributed by atoms with Gasteiger partial charge in [-0.3, -0.25) is 14.2 Å². The standard InChI is InChI=1S/C13H10N4O4/c1-17-9-4-2-7(6-10(9)21-13(17)20)14-12(19)8-3-5-11(18)16-15-8/h2-6H,1H3,(H,14,19)(H,16,18). The molecule has 0 atom stereocenters. The molecule has 0 spiro atoms. The SMILES string of the molecule is Cn1c(=O)oc2cc(NC(=O)c3ccc(=O)[nH]n3)ccc21. The number of amides is 1. The normalized spacial score (nSPS) is 10.7. The fourth-order valence-corrected chi connectivity index (χ4v) is 1.88. The molecule has 1 aromatic carbocycles. The van der Waals surface area contributed by atoms with Crippen molar-refractivity contribution in [1.82, 2.24) is 14.8 Å². The van der Waals surface area contributed by atoms with Crippen molar-refractivity contribution in [2.75, 3.05) is 5.32 Å². The summed E-state index contributed by atoms with van der Waals surface area (Å²) >= 11 is 0. The summed E-state index contributed by atoms with van der Waals surface area (Å²) in [4.78, 5) is 34.2. The second-order valence-corrected chi connectivity index (χ2v) is 4.37. The highest BCUT2D eigenvalue weighted by Gasteiger charge is 2.10. The van der Waals surface area contributed by atoms with Crippen molar-refractivity contribution in [3.8, 4) is 0 Å². The molecule has 0 bridgehead atoms. The van der Waals surface area contributed by atoms with E-state index in [1.165, 1.54) is 16.7 Å². The van der Waals surface area contributed by atoms with Crippen molar-refractivity contribution in [2.45, 2.75) is 0 Å². The lowest BCUT2D eigenvalue weighted by Gasteiger charge is -2.03. The van der Waals surface area contributed by atoms with E-state index in [1.54, 1.807) is 25.2 Å². The number of hydrogen-bond donors (Lipinski definition) is 2. The van der Waals surface area contributed by atoms with Crippen LogP contribution in [0.3, 0.4) is 0 Å². The van der Waals surface area contributed by atoms with Crippen molar-refractivity contribution >= 4 is 22.7 Å². The van der Waals surface area contributed by atoms with Crippen LogP contribution in [0.1, 0.15) is 10.5 Å². The molecule has 21 heavy (non-hydrogen) atoms. The van der Waals surface area contributed by atoms with Crippen molar-refractivity contribution in [2.24, 2.45) is 7.05 Å². The zero-order valence-corrected chi connectivity index (χ0v) is 10.9. The number of hydrogen-bond acceptors (Lipinski definition) is 5. The number of carbonyl (C=O) groups is 1. The molecule has 2 heterocycles. The highest BCUT2D eigenvalue weighted by Crippen LogP contribution is 2.18. The second kappa shape index (κ2) is 4.75. The van der Waals surface area contributed by atoms with Gasteiger partial charge in [-0.25, -0.2) is 9.89 Å². The van der Waals surface area contributed by atoms with Gasteiger partial charge in [0.2, 0.25) is 0 Å². The van der Waals surface area contributed by atoms with E-state index in [2.05, 4.69) is 15.5 Å². The minimum atomic E-state index is -0.483. The van der Waals surface area contributed by atoms with Crippen LogP contribution in [0, 0.1) is 0 Å². The zero-order chi connectivity index (χ0) is 15.0. The maximum atomic E-state index is 11.9. The number of carbonyl (C=O) groups excluding carboxylic acids is 1. The van der Waals surface area contributed by atoms with Crippen LogP contribution < -0.4 is 16.6 Å². The number of aromatic nitrogens is 3. The van der Waals surface area contributed by atoms with Crippen LogP contribution in [0.15, 0.2) is 44.3 Å². The largest absolute Gasteiger partial charge is 0.419 e. The number of fused-ring (bicyclic) bond motifs is 1. The van der Waals surface area contributed by atoms with Crippen LogP contribution in [-0.4, -0.2) is 20.7 Å². The average molecular weight is 286 g/mol. The lowest BCUT2D eigenvalue weighted by Crippen LogP contribution is -2.17. The maximum Gasteiger partial charge on any atom is 0.419 e. The first-order chi connectivity index (χ1) is 10.0. The van der Waals surface area contributed by atoms with E-state index in [1.807, 2.05) is 0 Å². The van der Waals surface area contributed by atoms with Crippen LogP contribution in [0.2, 0.25) is 0 Å². The number of benzene rings is 1. The fraction of sp³-hybridized carbons (Fsp3) is 0.0769. The summed E-state index contributed by atoms with van der Waals surface area (Å²) in [7, 11) is 1.59. The number of aromatic amines is 1. The van der Waals surface area contributed by atoms with Crippen LogP contribution in [0.4, 0.5) is 5.69 Å². The Morgan fingerprint density at radius 2 is 2.10 bits per heavy atom. The van der Waals surface area contributed by atoms with Gasteiger partial charge in [0.15, 0.2) is 5.58 Å². The van der Waals surface area contributed by atoms with Gasteiger partial charge in [0, 0.05) is 24.9 Å². The van der Waals surface area contributed by atoms with Gasteiger partial charge < -0.3 is 9.73 Å². The third-order valence-corrected chi connectivity index (χ3v) is 2.96. The van der Waals surface area contributed by atoms with Crippen LogP contribution in [0.5, 0.6) is 0 Å². The molecule has 8 heteroatoms. The van der Waals surface area contributed by atoms with Crippen molar-refractivity contribution in [3.05, 3.63) is 56.9 Å². The Bertz CT molecular complexity index is 930. The first-order valence-corrected chi connectivity index (χ1v) is 6.01. The van der Waals surface area contributed by atoms with Crippen molar-refractivity contribution in [1.29, 1.82) is 0 Å². The number of aryl methyl sites for hydroxylation is 1. The van der Waals surface area contributed by atoms with Crippen LogP contribution in [0.25, 0.3) is 11.1 Å². The lowest BCUT2D eigenvalue weighted by molar-refractivity contribution is 0.102. The molecule has 3 rings (SSSR count). The first-order valence-electron chi connectivity index (χ1n) is 6.01. The minimum absolute atomic E-state index is 0.0733. The van der Waals surface area contributed by atoms with Gasteiger partial charge in [-0.15, -0.1) is 0 Å². The van der Waals surface area contributed by atoms with Gasteiger partial charge in [-0.05, 0) is 18.2 Å². The summed E-state index contributed by atoms with van der Waals surface area (Å²) < 4.78 is 6.40. The number of nitrogens with one attached hydrogen (secondary N) is 2. The molecular formula is C13H10N4O4. The minimum Gasteiger partial charge on any atom is -0.408 e. The molecule has 0 saturated carbocycles. The summed E-state index contributed by atoms with van der Waals surface area (Å²) in [5.74, 6) is -0.959. The van der Waals surface area contributed by atoms with Crippen LogP contribution in [-0.2, 0) is 7.05 Å². The number of oxazole rings is 1. The van der Waals surface area contributed by atoms with E-state index in [0.717, 1.165) is 0 Å². The zero-order valence-electron chi connectivity index (χ0n) is 10.9. The number of rotatable bonds is 2. The Balaban J connectivity index is 1.91. The second-order valence-electron chi connectivity index (χ2n) is 4.37. The van der Waals surface area contributed by atoms with Gasteiger partial charge in [0.05, 0.1) is 5.52 Å². The highest BCUT2D eigenvalue weighted by molar-refractivity contribution is 6.03. The predicted octanol–water partition coefficient (Wildman–Crippen LogP) is 0.467. The summed E-state index contributed by atoms with van der Waals surface area (Å²) in [5.41, 5.74) is 1.13. The van der Waals surface area contributed by atoms with E-state index in [9.17, 15) is 14.4 Å². The molecule has 0 aliphatic rings. The molecule has 2 N–H and O–H groups in total.